The van der Waals surface area contributed by atoms with Gasteiger partial charge in [0.15, 0.2) is 0 Å². The Bertz CT molecular complexity index is 811. The lowest BCUT2D eigenvalue weighted by molar-refractivity contribution is -0.117. The van der Waals surface area contributed by atoms with Crippen LogP contribution in [0.15, 0.2) is 42.5 Å². The molecule has 0 spiro atoms. The quantitative estimate of drug-likeness (QED) is 0.930. The molecule has 2 aromatic rings. The molecule has 4 heteroatoms. The average molecular weight is 334 g/mol. The van der Waals surface area contributed by atoms with Crippen LogP contribution >= 0.6 is 0 Å². The van der Waals surface area contributed by atoms with Crippen molar-refractivity contribution < 1.29 is 9.59 Å². The van der Waals surface area contributed by atoms with Crippen molar-refractivity contribution in [3.8, 4) is 0 Å². The van der Waals surface area contributed by atoms with E-state index in [9.17, 15) is 9.59 Å². The Morgan fingerprint density at radius 2 is 1.76 bits per heavy atom. The number of rotatable bonds is 4. The van der Waals surface area contributed by atoms with Crippen LogP contribution in [0.25, 0.3) is 0 Å². The molecule has 0 bridgehead atoms. The second kappa shape index (κ2) is 6.71. The molecule has 0 radical (unpaired) electrons. The summed E-state index contributed by atoms with van der Waals surface area (Å²) in [5, 5.41) is 2.94. The van der Waals surface area contributed by atoms with Crippen LogP contribution in [0.2, 0.25) is 0 Å². The first-order valence-electron chi connectivity index (χ1n) is 9.00. The first-order valence-corrected chi connectivity index (χ1v) is 9.00. The monoisotopic (exact) mass is 334 g/mol. The summed E-state index contributed by atoms with van der Waals surface area (Å²) in [5.41, 5.74) is 5.55. The lowest BCUT2D eigenvalue weighted by atomic mass is 10.0. The first kappa shape index (κ1) is 15.9. The first-order chi connectivity index (χ1) is 12.2. The maximum atomic E-state index is 12.3. The van der Waals surface area contributed by atoms with E-state index < -0.39 is 0 Å². The van der Waals surface area contributed by atoms with E-state index in [2.05, 4.69) is 23.5 Å². The van der Waals surface area contributed by atoms with Gasteiger partial charge in [0.2, 0.25) is 11.8 Å². The SMILES string of the molecule is O=C(Cc1ccc2c(c1)CCC2)Nc1ccc(N2CCCC2=O)cc1. The van der Waals surface area contributed by atoms with Crippen molar-refractivity contribution >= 4 is 23.2 Å². The Labute approximate surface area is 147 Å². The van der Waals surface area contributed by atoms with Crippen molar-refractivity contribution in [1.82, 2.24) is 0 Å². The molecule has 128 valence electrons. The standard InChI is InChI=1S/C21H22N2O2/c24-20(14-15-6-7-16-3-1-4-17(16)13-15)22-18-8-10-19(11-9-18)23-12-2-5-21(23)25/h6-11,13H,1-5,12,14H2,(H,22,24). The highest BCUT2D eigenvalue weighted by atomic mass is 16.2. The van der Waals surface area contributed by atoms with Gasteiger partial charge in [-0.25, -0.2) is 0 Å². The molecule has 2 aromatic carbocycles. The molecule has 1 aliphatic carbocycles. The third-order valence-electron chi connectivity index (χ3n) is 5.06. The normalized spacial score (nSPS) is 16.2. The summed E-state index contributed by atoms with van der Waals surface area (Å²) in [6.45, 7) is 0.781. The van der Waals surface area contributed by atoms with Crippen LogP contribution < -0.4 is 10.2 Å². The van der Waals surface area contributed by atoms with Crippen LogP contribution in [0.3, 0.4) is 0 Å². The Morgan fingerprint density at radius 1 is 0.960 bits per heavy atom. The molecule has 1 fully saturated rings. The van der Waals surface area contributed by atoms with Crippen LogP contribution in [0.5, 0.6) is 0 Å². The molecule has 1 saturated heterocycles. The van der Waals surface area contributed by atoms with E-state index in [1.165, 1.54) is 17.5 Å². The van der Waals surface area contributed by atoms with Crippen LogP contribution in [-0.4, -0.2) is 18.4 Å². The van der Waals surface area contributed by atoms with Crippen molar-refractivity contribution in [2.75, 3.05) is 16.8 Å². The third kappa shape index (κ3) is 3.43. The number of carbonyl (C=O) groups excluding carboxylic acids is 2. The van der Waals surface area contributed by atoms with Gasteiger partial charge in [-0.1, -0.05) is 18.2 Å². The smallest absolute Gasteiger partial charge is 0.228 e. The van der Waals surface area contributed by atoms with Gasteiger partial charge in [-0.15, -0.1) is 0 Å². The van der Waals surface area contributed by atoms with E-state index in [-0.39, 0.29) is 11.8 Å². The molecular weight excluding hydrogens is 312 g/mol. The Kier molecular flexibility index (Phi) is 4.26. The Morgan fingerprint density at radius 3 is 2.52 bits per heavy atom. The molecule has 2 amide bonds. The van der Waals surface area contributed by atoms with Gasteiger partial charge in [-0.2, -0.15) is 0 Å². The highest BCUT2D eigenvalue weighted by molar-refractivity contribution is 5.96. The van der Waals surface area contributed by atoms with E-state index >= 15 is 0 Å². The number of hydrogen-bond donors (Lipinski definition) is 1. The van der Waals surface area contributed by atoms with Crippen LogP contribution in [-0.2, 0) is 28.9 Å². The fourth-order valence-corrected chi connectivity index (χ4v) is 3.77. The minimum atomic E-state index is -0.0112. The Balaban J connectivity index is 1.38. The average Bonchev–Trinajstić information content (AvgIpc) is 3.24. The largest absolute Gasteiger partial charge is 0.326 e. The molecule has 1 N–H and O–H groups in total. The number of aryl methyl sites for hydroxylation is 2. The number of hydrogen-bond acceptors (Lipinski definition) is 2. The molecular formula is C21H22N2O2. The number of nitrogens with zero attached hydrogens (tertiary/aromatic N) is 1. The summed E-state index contributed by atoms with van der Waals surface area (Å²) in [5.74, 6) is 0.163. The molecule has 0 aromatic heterocycles. The van der Waals surface area contributed by atoms with Gasteiger partial charge in [-0.05, 0) is 66.6 Å². The highest BCUT2D eigenvalue weighted by Gasteiger charge is 2.21. The van der Waals surface area contributed by atoms with E-state index in [1.54, 1.807) is 4.90 Å². The number of carbonyl (C=O) groups is 2. The van der Waals surface area contributed by atoms with Gasteiger partial charge in [0.05, 0.1) is 6.42 Å². The molecule has 4 nitrogen and oxygen atoms in total. The molecule has 0 saturated carbocycles. The van der Waals surface area contributed by atoms with Crippen LogP contribution in [0, 0.1) is 0 Å². The summed E-state index contributed by atoms with van der Waals surface area (Å²) < 4.78 is 0. The molecule has 25 heavy (non-hydrogen) atoms. The predicted molar refractivity (Wildman–Crippen MR) is 98.8 cm³/mol. The number of fused-ring (bicyclic) bond motifs is 1. The molecule has 1 heterocycles. The summed E-state index contributed by atoms with van der Waals surface area (Å²) in [4.78, 5) is 25.9. The Hall–Kier alpha value is -2.62. The summed E-state index contributed by atoms with van der Waals surface area (Å²) in [6.07, 6.45) is 5.43. The fraction of sp³-hybridized carbons (Fsp3) is 0.333. The number of amides is 2. The zero-order chi connectivity index (χ0) is 17.2. The summed E-state index contributed by atoms with van der Waals surface area (Å²) in [7, 11) is 0. The minimum Gasteiger partial charge on any atom is -0.326 e. The van der Waals surface area contributed by atoms with Crippen molar-refractivity contribution in [3.05, 3.63) is 59.2 Å². The lowest BCUT2D eigenvalue weighted by Gasteiger charge is -2.16. The maximum absolute atomic E-state index is 12.3. The number of benzene rings is 2. The minimum absolute atomic E-state index is 0.0112. The van der Waals surface area contributed by atoms with Gasteiger partial charge in [0, 0.05) is 24.3 Å². The molecule has 4 rings (SSSR count). The van der Waals surface area contributed by atoms with E-state index in [0.717, 1.165) is 42.7 Å². The summed E-state index contributed by atoms with van der Waals surface area (Å²) in [6, 6.07) is 13.9. The van der Waals surface area contributed by atoms with Gasteiger partial charge in [0.1, 0.15) is 0 Å². The van der Waals surface area contributed by atoms with E-state index in [4.69, 9.17) is 0 Å². The van der Waals surface area contributed by atoms with Gasteiger partial charge < -0.3 is 10.2 Å². The fourth-order valence-electron chi connectivity index (χ4n) is 3.77. The molecule has 1 aliphatic heterocycles. The van der Waals surface area contributed by atoms with Gasteiger partial charge >= 0.3 is 0 Å². The number of nitrogens with one attached hydrogen (secondary N) is 1. The van der Waals surface area contributed by atoms with Crippen LogP contribution in [0.1, 0.15) is 36.0 Å². The summed E-state index contributed by atoms with van der Waals surface area (Å²) >= 11 is 0. The molecule has 2 aliphatic rings. The zero-order valence-corrected chi connectivity index (χ0v) is 14.3. The zero-order valence-electron chi connectivity index (χ0n) is 14.3. The topological polar surface area (TPSA) is 49.4 Å². The second-order valence-electron chi connectivity index (χ2n) is 6.88. The highest BCUT2D eigenvalue weighted by Crippen LogP contribution is 2.24. The maximum Gasteiger partial charge on any atom is 0.228 e. The molecule has 0 unspecified atom stereocenters. The van der Waals surface area contributed by atoms with Crippen LogP contribution in [0.4, 0.5) is 11.4 Å². The van der Waals surface area contributed by atoms with Crippen molar-refractivity contribution in [2.45, 2.75) is 38.5 Å². The lowest BCUT2D eigenvalue weighted by Crippen LogP contribution is -2.23. The second-order valence-corrected chi connectivity index (χ2v) is 6.88. The third-order valence-corrected chi connectivity index (χ3v) is 5.06. The molecule has 0 atom stereocenters. The van der Waals surface area contributed by atoms with Gasteiger partial charge in [-0.3, -0.25) is 9.59 Å². The van der Waals surface area contributed by atoms with E-state index in [1.807, 2.05) is 24.3 Å². The van der Waals surface area contributed by atoms with Gasteiger partial charge in [0.25, 0.3) is 0 Å². The van der Waals surface area contributed by atoms with Crippen molar-refractivity contribution in [3.63, 3.8) is 0 Å². The van der Waals surface area contributed by atoms with E-state index in [0.29, 0.717) is 12.8 Å². The van der Waals surface area contributed by atoms with Crippen molar-refractivity contribution in [1.29, 1.82) is 0 Å². The predicted octanol–water partition coefficient (Wildman–Crippen LogP) is 3.48. The number of anilines is 2. The van der Waals surface area contributed by atoms with Crippen molar-refractivity contribution in [2.24, 2.45) is 0 Å².